The average molecular weight is 352 g/mol. The van der Waals surface area contributed by atoms with Gasteiger partial charge in [0.1, 0.15) is 5.82 Å². The van der Waals surface area contributed by atoms with Gasteiger partial charge in [0.05, 0.1) is 0 Å². The van der Waals surface area contributed by atoms with Crippen LogP contribution < -0.4 is 5.73 Å². The third-order valence-corrected chi connectivity index (χ3v) is 4.00. The van der Waals surface area contributed by atoms with Gasteiger partial charge in [0.2, 0.25) is 0 Å². The largest absolute Gasteiger partial charge is 0.434 e. The molecular weight excluding hydrogens is 339 g/mol. The highest BCUT2D eigenvalue weighted by atomic mass is 35.5. The molecule has 1 aromatic heterocycles. The third kappa shape index (κ3) is 3.10. The Morgan fingerprint density at radius 1 is 1.08 bits per heavy atom. The topological polar surface area (TPSA) is 43.8 Å². The summed E-state index contributed by atoms with van der Waals surface area (Å²) in [5, 5.41) is 0.466. The molecule has 0 amide bonds. The second-order valence-corrected chi connectivity index (χ2v) is 5.78. The van der Waals surface area contributed by atoms with Crippen LogP contribution in [-0.2, 0) is 6.18 Å². The maximum atomic E-state index is 13.1. The summed E-state index contributed by atoms with van der Waals surface area (Å²) in [5.74, 6) is 0.161. The highest BCUT2D eigenvalue weighted by Crippen LogP contribution is 2.33. The molecule has 0 radical (unpaired) electrons. The summed E-state index contributed by atoms with van der Waals surface area (Å²) in [7, 11) is 0. The van der Waals surface area contributed by atoms with Crippen molar-refractivity contribution in [1.82, 2.24) is 9.55 Å². The zero-order valence-electron chi connectivity index (χ0n) is 12.6. The molecular formula is C17H13ClF3N3. The predicted octanol–water partition coefficient (Wildman–Crippen LogP) is 5.10. The lowest BCUT2D eigenvalue weighted by atomic mass is 10.1. The first-order chi connectivity index (χ1) is 11.3. The molecule has 124 valence electrons. The fourth-order valence-corrected chi connectivity index (χ4v) is 2.46. The monoisotopic (exact) mass is 351 g/mol. The normalized spacial score (nSPS) is 11.7. The first-order valence-corrected chi connectivity index (χ1v) is 7.42. The van der Waals surface area contributed by atoms with Crippen LogP contribution in [0.3, 0.4) is 0 Å². The van der Waals surface area contributed by atoms with Gasteiger partial charge in [-0.1, -0.05) is 23.7 Å². The Balaban J connectivity index is 2.21. The molecule has 0 bridgehead atoms. The summed E-state index contributed by atoms with van der Waals surface area (Å²) in [6, 6.07) is 11.5. The van der Waals surface area contributed by atoms with Gasteiger partial charge in [0, 0.05) is 28.2 Å². The minimum absolute atomic E-state index is 0.161. The number of nitrogens with zero attached hydrogens (tertiary/aromatic N) is 2. The lowest BCUT2D eigenvalue weighted by Crippen LogP contribution is -2.05. The van der Waals surface area contributed by atoms with E-state index in [0.29, 0.717) is 22.0 Å². The molecule has 2 N–H and O–H groups in total. The Labute approximate surface area is 141 Å². The molecule has 3 nitrogen and oxygen atoms in total. The number of hydrogen-bond acceptors (Lipinski definition) is 2. The molecule has 0 unspecified atom stereocenters. The molecule has 0 fully saturated rings. The van der Waals surface area contributed by atoms with Gasteiger partial charge in [0.15, 0.2) is 5.69 Å². The van der Waals surface area contributed by atoms with E-state index < -0.39 is 11.9 Å². The van der Waals surface area contributed by atoms with Crippen LogP contribution in [-0.4, -0.2) is 9.55 Å². The van der Waals surface area contributed by atoms with Crippen molar-refractivity contribution >= 4 is 17.3 Å². The minimum Gasteiger partial charge on any atom is -0.399 e. The molecule has 1 heterocycles. The Bertz CT molecular complexity index is 883. The van der Waals surface area contributed by atoms with Gasteiger partial charge in [-0.2, -0.15) is 13.2 Å². The molecule has 0 aliphatic rings. The second-order valence-electron chi connectivity index (χ2n) is 5.37. The quantitative estimate of drug-likeness (QED) is 0.652. The highest BCUT2D eigenvalue weighted by molar-refractivity contribution is 6.31. The lowest BCUT2D eigenvalue weighted by Gasteiger charge is -2.09. The van der Waals surface area contributed by atoms with E-state index in [1.807, 2.05) is 6.92 Å². The number of halogens is 4. The van der Waals surface area contributed by atoms with Crippen molar-refractivity contribution < 1.29 is 13.2 Å². The van der Waals surface area contributed by atoms with E-state index in [9.17, 15) is 13.2 Å². The van der Waals surface area contributed by atoms with E-state index in [1.54, 1.807) is 42.5 Å². The molecule has 24 heavy (non-hydrogen) atoms. The number of hydrogen-bond donors (Lipinski definition) is 1. The molecule has 0 spiro atoms. The van der Waals surface area contributed by atoms with Crippen LogP contribution in [0.2, 0.25) is 5.02 Å². The first kappa shape index (κ1) is 16.4. The van der Waals surface area contributed by atoms with Crippen LogP contribution in [0.5, 0.6) is 0 Å². The summed E-state index contributed by atoms with van der Waals surface area (Å²) >= 11 is 6.10. The highest BCUT2D eigenvalue weighted by Gasteiger charge is 2.35. The second kappa shape index (κ2) is 5.87. The zero-order valence-corrected chi connectivity index (χ0v) is 13.4. The van der Waals surface area contributed by atoms with Crippen LogP contribution in [0.25, 0.3) is 17.1 Å². The van der Waals surface area contributed by atoms with Crippen LogP contribution in [0.4, 0.5) is 18.9 Å². The maximum Gasteiger partial charge on any atom is 0.434 e. The number of aryl methyl sites for hydroxylation is 1. The summed E-state index contributed by atoms with van der Waals surface area (Å²) in [6.07, 6.45) is -3.57. The van der Waals surface area contributed by atoms with E-state index in [-0.39, 0.29) is 5.82 Å². The van der Waals surface area contributed by atoms with Crippen molar-refractivity contribution in [2.24, 2.45) is 0 Å². The number of imidazole rings is 1. The summed E-state index contributed by atoms with van der Waals surface area (Å²) in [5.41, 5.74) is 7.06. The van der Waals surface area contributed by atoms with E-state index in [1.165, 1.54) is 4.57 Å². The summed E-state index contributed by atoms with van der Waals surface area (Å²) in [6.45, 7) is 1.82. The zero-order chi connectivity index (χ0) is 17.5. The van der Waals surface area contributed by atoms with E-state index >= 15 is 0 Å². The van der Waals surface area contributed by atoms with Crippen molar-refractivity contribution in [3.05, 3.63) is 64.9 Å². The number of aromatic nitrogens is 2. The molecule has 2 aromatic carbocycles. The Morgan fingerprint density at radius 2 is 1.75 bits per heavy atom. The predicted molar refractivity (Wildman–Crippen MR) is 88.2 cm³/mol. The van der Waals surface area contributed by atoms with E-state index in [2.05, 4.69) is 4.98 Å². The SMILES string of the molecule is Cc1ccc(-c2nc(C(F)(F)F)cn2-c2ccc(N)cc2)cc1Cl. The van der Waals surface area contributed by atoms with Gasteiger partial charge < -0.3 is 5.73 Å². The van der Waals surface area contributed by atoms with Gasteiger partial charge in [-0.25, -0.2) is 4.98 Å². The summed E-state index contributed by atoms with van der Waals surface area (Å²) in [4.78, 5) is 3.77. The smallest absolute Gasteiger partial charge is 0.399 e. The Morgan fingerprint density at radius 3 is 2.33 bits per heavy atom. The van der Waals surface area contributed by atoms with Crippen LogP contribution in [0.1, 0.15) is 11.3 Å². The van der Waals surface area contributed by atoms with Crippen molar-refractivity contribution in [2.75, 3.05) is 5.73 Å². The van der Waals surface area contributed by atoms with Gasteiger partial charge in [-0.05, 0) is 42.8 Å². The Kier molecular flexibility index (Phi) is 4.01. The van der Waals surface area contributed by atoms with Crippen molar-refractivity contribution in [2.45, 2.75) is 13.1 Å². The first-order valence-electron chi connectivity index (χ1n) is 7.05. The fourth-order valence-electron chi connectivity index (χ4n) is 2.28. The molecule has 0 saturated carbocycles. The van der Waals surface area contributed by atoms with Gasteiger partial charge >= 0.3 is 6.18 Å². The number of nitrogens with two attached hydrogens (primary N) is 1. The van der Waals surface area contributed by atoms with Gasteiger partial charge in [0.25, 0.3) is 0 Å². The standard InChI is InChI=1S/C17H13ClF3N3/c1-10-2-3-11(8-14(10)18)16-23-15(17(19,20)21)9-24(16)13-6-4-12(22)5-7-13/h2-9H,22H2,1H3. The molecule has 3 aromatic rings. The van der Waals surface area contributed by atoms with Crippen LogP contribution >= 0.6 is 11.6 Å². The number of alkyl halides is 3. The average Bonchev–Trinajstić information content (AvgIpc) is 2.96. The van der Waals surface area contributed by atoms with E-state index in [0.717, 1.165) is 11.8 Å². The van der Waals surface area contributed by atoms with Crippen LogP contribution in [0.15, 0.2) is 48.7 Å². The lowest BCUT2D eigenvalue weighted by molar-refractivity contribution is -0.140. The van der Waals surface area contributed by atoms with Crippen molar-refractivity contribution in [3.63, 3.8) is 0 Å². The number of benzene rings is 2. The molecule has 0 aliphatic heterocycles. The molecule has 0 aliphatic carbocycles. The molecule has 0 atom stereocenters. The number of anilines is 1. The minimum atomic E-state index is -4.54. The summed E-state index contributed by atoms with van der Waals surface area (Å²) < 4.78 is 40.7. The number of rotatable bonds is 2. The van der Waals surface area contributed by atoms with Crippen LogP contribution in [0, 0.1) is 6.92 Å². The third-order valence-electron chi connectivity index (χ3n) is 3.60. The molecule has 7 heteroatoms. The van der Waals surface area contributed by atoms with Gasteiger partial charge in [-0.3, -0.25) is 4.57 Å². The molecule has 0 saturated heterocycles. The fraction of sp³-hybridized carbons (Fsp3) is 0.118. The van der Waals surface area contributed by atoms with Gasteiger partial charge in [-0.15, -0.1) is 0 Å². The Hall–Kier alpha value is -2.47. The maximum absolute atomic E-state index is 13.1. The van der Waals surface area contributed by atoms with Crippen molar-refractivity contribution in [3.8, 4) is 17.1 Å². The van der Waals surface area contributed by atoms with Crippen molar-refractivity contribution in [1.29, 1.82) is 0 Å². The van der Waals surface area contributed by atoms with E-state index in [4.69, 9.17) is 17.3 Å². The molecule has 3 rings (SSSR count). The number of nitrogen functional groups attached to an aromatic ring is 1.